The van der Waals surface area contributed by atoms with Gasteiger partial charge in [0, 0.05) is 13.1 Å². The number of nitrogens with one attached hydrogen (secondary N) is 3. The van der Waals surface area contributed by atoms with Gasteiger partial charge in [0.15, 0.2) is 0 Å². The van der Waals surface area contributed by atoms with Crippen molar-refractivity contribution < 1.29 is 9.59 Å². The fourth-order valence-corrected chi connectivity index (χ4v) is 2.94. The Kier molecular flexibility index (Phi) is 4.76. The first-order chi connectivity index (χ1) is 11.2. The van der Waals surface area contributed by atoms with E-state index >= 15 is 0 Å². The summed E-state index contributed by atoms with van der Waals surface area (Å²) < 4.78 is 0. The molecule has 1 atom stereocenters. The average Bonchev–Trinajstić information content (AvgIpc) is 2.57. The van der Waals surface area contributed by atoms with E-state index in [-0.39, 0.29) is 11.9 Å². The van der Waals surface area contributed by atoms with E-state index in [0.717, 1.165) is 12.8 Å². The highest BCUT2D eigenvalue weighted by Crippen LogP contribution is 2.18. The predicted molar refractivity (Wildman–Crippen MR) is 90.2 cm³/mol. The van der Waals surface area contributed by atoms with Crippen molar-refractivity contribution in [3.63, 3.8) is 0 Å². The molecule has 0 spiro atoms. The Bertz CT molecular complexity index is 709. The van der Waals surface area contributed by atoms with Crippen LogP contribution in [0.3, 0.4) is 0 Å². The van der Waals surface area contributed by atoms with Gasteiger partial charge in [-0.25, -0.2) is 4.79 Å². The quantitative estimate of drug-likeness (QED) is 0.808. The molecule has 2 aromatic rings. The van der Waals surface area contributed by atoms with E-state index in [1.165, 1.54) is 16.3 Å². The largest absolute Gasteiger partial charge is 0.354 e. The molecule has 120 valence electrons. The molecule has 3 N–H and O–H groups in total. The van der Waals surface area contributed by atoms with E-state index in [2.05, 4.69) is 40.2 Å². The Morgan fingerprint density at radius 1 is 1.17 bits per heavy atom. The molecule has 5 heteroatoms. The zero-order valence-electron chi connectivity index (χ0n) is 13.0. The van der Waals surface area contributed by atoms with Gasteiger partial charge in [0.05, 0.1) is 0 Å². The monoisotopic (exact) mass is 311 g/mol. The average molecular weight is 311 g/mol. The summed E-state index contributed by atoms with van der Waals surface area (Å²) in [6, 6.07) is 13.7. The maximum atomic E-state index is 11.9. The van der Waals surface area contributed by atoms with Crippen LogP contribution in [0, 0.1) is 0 Å². The lowest BCUT2D eigenvalue weighted by atomic mass is 10.0. The third-order valence-electron chi connectivity index (χ3n) is 4.15. The van der Waals surface area contributed by atoms with Gasteiger partial charge in [-0.2, -0.15) is 0 Å². The molecule has 3 amide bonds. The number of carbonyl (C=O) groups excluding carboxylic acids is 2. The van der Waals surface area contributed by atoms with Crippen molar-refractivity contribution in [2.24, 2.45) is 0 Å². The molecule has 23 heavy (non-hydrogen) atoms. The molecule has 0 aliphatic carbocycles. The van der Waals surface area contributed by atoms with Crippen LogP contribution < -0.4 is 16.0 Å². The topological polar surface area (TPSA) is 70.2 Å². The van der Waals surface area contributed by atoms with Crippen molar-refractivity contribution in [3.05, 3.63) is 48.0 Å². The first-order valence-electron chi connectivity index (χ1n) is 8.03. The Balaban J connectivity index is 1.52. The van der Waals surface area contributed by atoms with Crippen LogP contribution in [0.1, 0.15) is 18.4 Å². The van der Waals surface area contributed by atoms with Crippen LogP contribution in [0.25, 0.3) is 10.8 Å². The fourth-order valence-electron chi connectivity index (χ4n) is 2.94. The summed E-state index contributed by atoms with van der Waals surface area (Å²) in [7, 11) is 0. The minimum atomic E-state index is -0.415. The van der Waals surface area contributed by atoms with Crippen molar-refractivity contribution >= 4 is 22.7 Å². The van der Waals surface area contributed by atoms with E-state index in [4.69, 9.17) is 0 Å². The van der Waals surface area contributed by atoms with E-state index in [9.17, 15) is 9.59 Å². The van der Waals surface area contributed by atoms with E-state index in [0.29, 0.717) is 19.5 Å². The number of urea groups is 1. The summed E-state index contributed by atoms with van der Waals surface area (Å²) in [6.45, 7) is 1.23. The lowest BCUT2D eigenvalue weighted by molar-refractivity contribution is -0.124. The Morgan fingerprint density at radius 3 is 2.87 bits per heavy atom. The normalized spacial score (nSPS) is 17.6. The standard InChI is InChI=1S/C18H21N3O2/c22-17-16(9-4-11-19-17)21-18(23)20-12-10-14-7-3-6-13-5-1-2-8-15(13)14/h1-3,5-8,16H,4,9-12H2,(H,19,22)(H2,20,21,23)/t16-/m1/s1. The van der Waals surface area contributed by atoms with Crippen LogP contribution in [0.15, 0.2) is 42.5 Å². The van der Waals surface area contributed by atoms with Crippen LogP contribution in [-0.4, -0.2) is 31.1 Å². The molecular formula is C18H21N3O2. The summed E-state index contributed by atoms with van der Waals surface area (Å²) >= 11 is 0. The highest BCUT2D eigenvalue weighted by Gasteiger charge is 2.23. The van der Waals surface area contributed by atoms with Crippen LogP contribution in [-0.2, 0) is 11.2 Å². The predicted octanol–water partition coefficient (Wildman–Crippen LogP) is 1.96. The molecule has 5 nitrogen and oxygen atoms in total. The van der Waals surface area contributed by atoms with Crippen LogP contribution in [0.5, 0.6) is 0 Å². The zero-order chi connectivity index (χ0) is 16.1. The zero-order valence-corrected chi connectivity index (χ0v) is 13.0. The third kappa shape index (κ3) is 3.80. The SMILES string of the molecule is O=C(NCCc1cccc2ccccc12)N[C@@H]1CCCNC1=O. The number of rotatable bonds is 4. The van der Waals surface area contributed by atoms with Gasteiger partial charge in [-0.1, -0.05) is 42.5 Å². The molecule has 1 aliphatic heterocycles. The van der Waals surface area contributed by atoms with E-state index in [1.54, 1.807) is 0 Å². The number of hydrogen-bond acceptors (Lipinski definition) is 2. The van der Waals surface area contributed by atoms with Crippen LogP contribution in [0.4, 0.5) is 4.79 Å². The molecule has 0 radical (unpaired) electrons. The minimum Gasteiger partial charge on any atom is -0.354 e. The molecule has 1 fully saturated rings. The van der Waals surface area contributed by atoms with Gasteiger partial charge < -0.3 is 16.0 Å². The van der Waals surface area contributed by atoms with Crippen molar-refractivity contribution in [2.75, 3.05) is 13.1 Å². The first kappa shape index (κ1) is 15.3. The lowest BCUT2D eigenvalue weighted by Gasteiger charge is -2.22. The number of fused-ring (bicyclic) bond motifs is 1. The van der Waals surface area contributed by atoms with Gasteiger partial charge in [-0.15, -0.1) is 0 Å². The summed E-state index contributed by atoms with van der Waals surface area (Å²) in [6.07, 6.45) is 2.35. The maximum absolute atomic E-state index is 11.9. The first-order valence-corrected chi connectivity index (χ1v) is 8.03. The fraction of sp³-hybridized carbons (Fsp3) is 0.333. The van der Waals surface area contributed by atoms with Gasteiger partial charge in [0.25, 0.3) is 0 Å². The smallest absolute Gasteiger partial charge is 0.315 e. The third-order valence-corrected chi connectivity index (χ3v) is 4.15. The highest BCUT2D eigenvalue weighted by molar-refractivity contribution is 5.87. The number of piperidine rings is 1. The Labute approximate surface area is 135 Å². The second kappa shape index (κ2) is 7.13. The van der Waals surface area contributed by atoms with E-state index < -0.39 is 6.04 Å². The molecule has 3 rings (SSSR count). The van der Waals surface area contributed by atoms with Crippen LogP contribution in [0.2, 0.25) is 0 Å². The molecule has 1 saturated heterocycles. The maximum Gasteiger partial charge on any atom is 0.315 e. The molecule has 2 aromatic carbocycles. The molecular weight excluding hydrogens is 290 g/mol. The van der Waals surface area contributed by atoms with Gasteiger partial charge >= 0.3 is 6.03 Å². The van der Waals surface area contributed by atoms with Crippen LogP contribution >= 0.6 is 0 Å². The molecule has 0 bridgehead atoms. The second-order valence-corrected chi connectivity index (χ2v) is 5.77. The molecule has 0 saturated carbocycles. The summed E-state index contributed by atoms with van der Waals surface area (Å²) in [4.78, 5) is 23.5. The highest BCUT2D eigenvalue weighted by atomic mass is 16.2. The summed E-state index contributed by atoms with van der Waals surface area (Å²) in [5.41, 5.74) is 1.21. The molecule has 0 unspecified atom stereocenters. The van der Waals surface area contributed by atoms with E-state index in [1.807, 2.05) is 18.2 Å². The summed E-state index contributed by atoms with van der Waals surface area (Å²) in [5, 5.41) is 10.7. The minimum absolute atomic E-state index is 0.0968. The molecule has 0 aromatic heterocycles. The van der Waals surface area contributed by atoms with Gasteiger partial charge in [0.2, 0.25) is 5.91 Å². The van der Waals surface area contributed by atoms with Crippen molar-refractivity contribution in [2.45, 2.75) is 25.3 Å². The lowest BCUT2D eigenvalue weighted by Crippen LogP contribution is -2.52. The Hall–Kier alpha value is -2.56. The number of hydrogen-bond donors (Lipinski definition) is 3. The number of amides is 3. The van der Waals surface area contributed by atoms with Gasteiger partial charge in [-0.3, -0.25) is 4.79 Å². The number of benzene rings is 2. The van der Waals surface area contributed by atoms with Crippen molar-refractivity contribution in [3.8, 4) is 0 Å². The van der Waals surface area contributed by atoms with Crippen molar-refractivity contribution in [1.29, 1.82) is 0 Å². The van der Waals surface area contributed by atoms with Gasteiger partial charge in [-0.05, 0) is 35.6 Å². The van der Waals surface area contributed by atoms with Gasteiger partial charge in [0.1, 0.15) is 6.04 Å². The molecule has 1 heterocycles. The second-order valence-electron chi connectivity index (χ2n) is 5.77. The summed E-state index contributed by atoms with van der Waals surface area (Å²) in [5.74, 6) is -0.0968. The molecule has 1 aliphatic rings. The number of carbonyl (C=O) groups is 2. The van der Waals surface area contributed by atoms with Crippen molar-refractivity contribution in [1.82, 2.24) is 16.0 Å². The Morgan fingerprint density at radius 2 is 2.00 bits per heavy atom.